The summed E-state index contributed by atoms with van der Waals surface area (Å²) in [6, 6.07) is 9.81. The Hall–Kier alpha value is -2.18. The largest absolute Gasteiger partial charge is 0.396 e. The lowest BCUT2D eigenvalue weighted by Gasteiger charge is -2.26. The number of rotatable bonds is 6. The summed E-state index contributed by atoms with van der Waals surface area (Å²) < 4.78 is 7.23. The van der Waals surface area contributed by atoms with Gasteiger partial charge in [-0.1, -0.05) is 17.7 Å². The van der Waals surface area contributed by atoms with Crippen molar-refractivity contribution in [2.75, 3.05) is 26.4 Å². The Kier molecular flexibility index (Phi) is 5.20. The lowest BCUT2D eigenvalue weighted by molar-refractivity contribution is 0.0884. The molecule has 1 saturated heterocycles. The molecular formula is C19H25N3O3. The highest BCUT2D eigenvalue weighted by molar-refractivity contribution is 5.92. The number of carbonyl (C=O) groups excluding carboxylic acids is 1. The van der Waals surface area contributed by atoms with E-state index >= 15 is 0 Å². The van der Waals surface area contributed by atoms with Crippen LogP contribution in [0, 0.1) is 19.3 Å². The maximum atomic E-state index is 12.5. The number of aliphatic hydroxyl groups is 1. The molecule has 0 spiro atoms. The highest BCUT2D eigenvalue weighted by atomic mass is 16.5. The molecule has 1 unspecified atom stereocenters. The third kappa shape index (κ3) is 3.91. The van der Waals surface area contributed by atoms with E-state index < -0.39 is 0 Å². The summed E-state index contributed by atoms with van der Waals surface area (Å²) >= 11 is 0. The number of amides is 1. The van der Waals surface area contributed by atoms with Crippen LogP contribution in [0.5, 0.6) is 0 Å². The predicted molar refractivity (Wildman–Crippen MR) is 94.9 cm³/mol. The number of benzene rings is 1. The van der Waals surface area contributed by atoms with Gasteiger partial charge < -0.3 is 15.2 Å². The van der Waals surface area contributed by atoms with Crippen LogP contribution in [0.4, 0.5) is 0 Å². The van der Waals surface area contributed by atoms with Crippen LogP contribution in [0.3, 0.4) is 0 Å². The summed E-state index contributed by atoms with van der Waals surface area (Å²) in [4.78, 5) is 12.5. The number of aliphatic hydroxyl groups excluding tert-OH is 1. The van der Waals surface area contributed by atoms with E-state index in [1.165, 1.54) is 5.56 Å². The Balaban J connectivity index is 1.70. The van der Waals surface area contributed by atoms with Gasteiger partial charge in [-0.05, 0) is 44.9 Å². The first-order valence-electron chi connectivity index (χ1n) is 8.64. The van der Waals surface area contributed by atoms with Gasteiger partial charge in [-0.3, -0.25) is 4.79 Å². The van der Waals surface area contributed by atoms with Gasteiger partial charge in [0.05, 0.1) is 12.3 Å². The topological polar surface area (TPSA) is 76.4 Å². The minimum atomic E-state index is -0.196. The highest BCUT2D eigenvalue weighted by Gasteiger charge is 2.35. The maximum Gasteiger partial charge on any atom is 0.271 e. The summed E-state index contributed by atoms with van der Waals surface area (Å²) in [5, 5.41) is 16.7. The summed E-state index contributed by atoms with van der Waals surface area (Å²) in [7, 11) is 0. The first-order chi connectivity index (χ1) is 12.0. The van der Waals surface area contributed by atoms with Gasteiger partial charge in [-0.25, -0.2) is 4.68 Å². The van der Waals surface area contributed by atoms with Crippen molar-refractivity contribution in [2.24, 2.45) is 5.41 Å². The van der Waals surface area contributed by atoms with E-state index in [-0.39, 0.29) is 17.9 Å². The second-order valence-electron chi connectivity index (χ2n) is 6.88. The van der Waals surface area contributed by atoms with Crippen molar-refractivity contribution in [1.29, 1.82) is 0 Å². The number of aromatic nitrogens is 2. The van der Waals surface area contributed by atoms with Crippen molar-refractivity contribution in [3.05, 3.63) is 47.3 Å². The molecule has 2 heterocycles. The average Bonchev–Trinajstić information content (AvgIpc) is 3.21. The van der Waals surface area contributed by atoms with Crippen molar-refractivity contribution < 1.29 is 14.6 Å². The molecule has 3 rings (SSSR count). The van der Waals surface area contributed by atoms with Crippen LogP contribution in [-0.4, -0.2) is 47.2 Å². The monoisotopic (exact) mass is 343 g/mol. The molecule has 1 aromatic heterocycles. The first-order valence-corrected chi connectivity index (χ1v) is 8.64. The molecule has 0 saturated carbocycles. The zero-order valence-electron chi connectivity index (χ0n) is 14.8. The molecule has 6 heteroatoms. The average molecular weight is 343 g/mol. The van der Waals surface area contributed by atoms with Gasteiger partial charge in [0.2, 0.25) is 0 Å². The molecule has 2 aromatic rings. The van der Waals surface area contributed by atoms with E-state index in [4.69, 9.17) is 4.74 Å². The summed E-state index contributed by atoms with van der Waals surface area (Å²) in [5.41, 5.74) is 3.25. The molecule has 1 aliphatic heterocycles. The Morgan fingerprint density at radius 2 is 2.12 bits per heavy atom. The number of ether oxygens (including phenoxy) is 1. The van der Waals surface area contributed by atoms with Crippen LogP contribution >= 0.6 is 0 Å². The van der Waals surface area contributed by atoms with E-state index in [0.717, 1.165) is 17.8 Å². The first kappa shape index (κ1) is 17.6. The lowest BCUT2D eigenvalue weighted by atomic mass is 9.84. The van der Waals surface area contributed by atoms with Crippen LogP contribution in [0.1, 0.15) is 34.6 Å². The molecule has 1 fully saturated rings. The molecule has 1 amide bonds. The fourth-order valence-electron chi connectivity index (χ4n) is 3.20. The zero-order valence-corrected chi connectivity index (χ0v) is 14.8. The standard InChI is InChI=1S/C19H25N3O3/c1-14-3-5-16(6-4-14)22-15(2)11-17(21-22)18(24)20-12-19(7-9-23)8-10-25-13-19/h3-6,11,23H,7-10,12-13H2,1-2H3,(H,20,24). The molecule has 1 aliphatic rings. The van der Waals surface area contributed by atoms with Gasteiger partial charge in [0.1, 0.15) is 0 Å². The quantitative estimate of drug-likeness (QED) is 0.841. The fraction of sp³-hybridized carbons (Fsp3) is 0.474. The molecular weight excluding hydrogens is 318 g/mol. The third-order valence-electron chi connectivity index (χ3n) is 4.85. The molecule has 6 nitrogen and oxygen atoms in total. The van der Waals surface area contributed by atoms with E-state index in [0.29, 0.717) is 31.9 Å². The van der Waals surface area contributed by atoms with Crippen molar-refractivity contribution in [3.8, 4) is 5.69 Å². The summed E-state index contributed by atoms with van der Waals surface area (Å²) in [6.45, 7) is 5.81. The molecule has 0 aliphatic carbocycles. The number of nitrogens with one attached hydrogen (secondary N) is 1. The third-order valence-corrected chi connectivity index (χ3v) is 4.85. The maximum absolute atomic E-state index is 12.5. The van der Waals surface area contributed by atoms with Crippen molar-refractivity contribution in [1.82, 2.24) is 15.1 Å². The van der Waals surface area contributed by atoms with Gasteiger partial charge >= 0.3 is 0 Å². The zero-order chi connectivity index (χ0) is 17.9. The van der Waals surface area contributed by atoms with Crippen LogP contribution in [0.25, 0.3) is 5.69 Å². The van der Waals surface area contributed by atoms with E-state index in [1.807, 2.05) is 38.1 Å². The molecule has 1 aromatic carbocycles. The predicted octanol–water partition coefficient (Wildman–Crippen LogP) is 2.01. The van der Waals surface area contributed by atoms with E-state index in [2.05, 4.69) is 10.4 Å². The second-order valence-corrected chi connectivity index (χ2v) is 6.88. The minimum absolute atomic E-state index is 0.0976. The Labute approximate surface area is 147 Å². The molecule has 25 heavy (non-hydrogen) atoms. The Morgan fingerprint density at radius 3 is 2.76 bits per heavy atom. The number of nitrogens with zero attached hydrogens (tertiary/aromatic N) is 2. The lowest BCUT2D eigenvalue weighted by Crippen LogP contribution is -2.39. The van der Waals surface area contributed by atoms with Gasteiger partial charge in [-0.2, -0.15) is 5.10 Å². The SMILES string of the molecule is Cc1ccc(-n2nc(C(=O)NCC3(CCO)CCOC3)cc2C)cc1. The molecule has 2 N–H and O–H groups in total. The van der Waals surface area contributed by atoms with Gasteiger partial charge in [0.25, 0.3) is 5.91 Å². The van der Waals surface area contributed by atoms with Gasteiger partial charge in [0.15, 0.2) is 5.69 Å². The number of carbonyl (C=O) groups is 1. The van der Waals surface area contributed by atoms with Crippen molar-refractivity contribution >= 4 is 5.91 Å². The van der Waals surface area contributed by atoms with Crippen LogP contribution in [0.2, 0.25) is 0 Å². The molecule has 0 bridgehead atoms. The van der Waals surface area contributed by atoms with Gasteiger partial charge in [0, 0.05) is 30.9 Å². The number of hydrogen-bond acceptors (Lipinski definition) is 4. The van der Waals surface area contributed by atoms with E-state index in [9.17, 15) is 9.90 Å². The van der Waals surface area contributed by atoms with Crippen molar-refractivity contribution in [3.63, 3.8) is 0 Å². The Bertz CT molecular complexity index is 731. The van der Waals surface area contributed by atoms with Crippen molar-refractivity contribution in [2.45, 2.75) is 26.7 Å². The minimum Gasteiger partial charge on any atom is -0.396 e. The molecule has 1 atom stereocenters. The van der Waals surface area contributed by atoms with Crippen LogP contribution < -0.4 is 5.32 Å². The summed E-state index contributed by atoms with van der Waals surface area (Å²) in [6.07, 6.45) is 1.48. The van der Waals surface area contributed by atoms with Crippen LogP contribution in [-0.2, 0) is 4.74 Å². The van der Waals surface area contributed by atoms with Gasteiger partial charge in [-0.15, -0.1) is 0 Å². The fourth-order valence-corrected chi connectivity index (χ4v) is 3.20. The molecule has 134 valence electrons. The van der Waals surface area contributed by atoms with E-state index in [1.54, 1.807) is 10.7 Å². The normalized spacial score (nSPS) is 20.0. The summed E-state index contributed by atoms with van der Waals surface area (Å²) in [5.74, 6) is -0.196. The smallest absolute Gasteiger partial charge is 0.271 e. The highest BCUT2D eigenvalue weighted by Crippen LogP contribution is 2.31. The Morgan fingerprint density at radius 1 is 1.36 bits per heavy atom. The molecule has 0 radical (unpaired) electrons. The number of hydrogen-bond donors (Lipinski definition) is 2. The second kappa shape index (κ2) is 7.37. The number of aryl methyl sites for hydroxylation is 2. The van der Waals surface area contributed by atoms with Crippen LogP contribution in [0.15, 0.2) is 30.3 Å².